The van der Waals surface area contributed by atoms with Crippen LogP contribution in [0.4, 0.5) is 11.4 Å². The van der Waals surface area contributed by atoms with Gasteiger partial charge in [0.15, 0.2) is 0 Å². The lowest BCUT2D eigenvalue weighted by Gasteiger charge is -2.20. The van der Waals surface area contributed by atoms with Crippen molar-refractivity contribution >= 4 is 35.0 Å². The Bertz CT molecular complexity index is 1310. The Labute approximate surface area is 217 Å². The lowest BCUT2D eigenvalue weighted by Crippen LogP contribution is -2.20. The molecule has 2 amide bonds. The monoisotopic (exact) mass is 494 g/mol. The standard InChI is InChI=1S/C31H30N2O2S/c1-3-24-16-10-11-22(2)29(24)33-31(35)30(25-14-8-5-9-15-25)36-27-19-17-26(18-20-27)32-28(34)21-23-12-6-4-7-13-23/h4-20,30H,3,21H2,1-2H3,(H,32,34)(H,33,35). The molecule has 0 heterocycles. The molecule has 2 N–H and O–H groups in total. The molecular formula is C31H30N2O2S. The Kier molecular flexibility index (Phi) is 8.58. The van der Waals surface area contributed by atoms with E-state index in [2.05, 4.69) is 23.6 Å². The maximum Gasteiger partial charge on any atom is 0.242 e. The molecule has 4 aromatic rings. The molecule has 0 saturated carbocycles. The van der Waals surface area contributed by atoms with Crippen molar-refractivity contribution in [1.82, 2.24) is 0 Å². The van der Waals surface area contributed by atoms with Crippen LogP contribution in [0.5, 0.6) is 0 Å². The van der Waals surface area contributed by atoms with Crippen LogP contribution < -0.4 is 10.6 Å². The number of hydrogen-bond donors (Lipinski definition) is 2. The quantitative estimate of drug-likeness (QED) is 0.242. The van der Waals surface area contributed by atoms with Gasteiger partial charge in [0.1, 0.15) is 5.25 Å². The molecule has 0 aliphatic rings. The van der Waals surface area contributed by atoms with E-state index in [-0.39, 0.29) is 11.8 Å². The summed E-state index contributed by atoms with van der Waals surface area (Å²) in [6.45, 7) is 4.11. The molecule has 4 rings (SSSR count). The van der Waals surface area contributed by atoms with E-state index < -0.39 is 5.25 Å². The summed E-state index contributed by atoms with van der Waals surface area (Å²) in [5.41, 5.74) is 5.70. The fourth-order valence-corrected chi connectivity index (χ4v) is 5.06. The summed E-state index contributed by atoms with van der Waals surface area (Å²) in [7, 11) is 0. The molecule has 1 unspecified atom stereocenters. The predicted octanol–water partition coefficient (Wildman–Crippen LogP) is 7.21. The van der Waals surface area contributed by atoms with Gasteiger partial charge in [-0.25, -0.2) is 0 Å². The Balaban J connectivity index is 1.48. The molecule has 0 aliphatic heterocycles. The first kappa shape index (κ1) is 25.3. The number of nitrogens with one attached hydrogen (secondary N) is 2. The average molecular weight is 495 g/mol. The maximum atomic E-state index is 13.5. The molecule has 4 aromatic carbocycles. The highest BCUT2D eigenvalue weighted by Crippen LogP contribution is 2.37. The van der Waals surface area contributed by atoms with E-state index in [4.69, 9.17) is 0 Å². The molecule has 1 atom stereocenters. The van der Waals surface area contributed by atoms with Crippen LogP contribution in [0.3, 0.4) is 0 Å². The van der Waals surface area contributed by atoms with Gasteiger partial charge in [0.25, 0.3) is 0 Å². The summed E-state index contributed by atoms with van der Waals surface area (Å²) >= 11 is 1.49. The molecule has 4 nitrogen and oxygen atoms in total. The SMILES string of the molecule is CCc1cccc(C)c1NC(=O)C(Sc1ccc(NC(=O)Cc2ccccc2)cc1)c1ccccc1. The van der Waals surface area contributed by atoms with E-state index in [1.165, 1.54) is 11.8 Å². The summed E-state index contributed by atoms with van der Waals surface area (Å²) in [6.07, 6.45) is 1.17. The Morgan fingerprint density at radius 1 is 0.778 bits per heavy atom. The van der Waals surface area contributed by atoms with Gasteiger partial charge in [0.2, 0.25) is 11.8 Å². The number of carbonyl (C=O) groups excluding carboxylic acids is 2. The number of hydrogen-bond acceptors (Lipinski definition) is 3. The van der Waals surface area contributed by atoms with Crippen LogP contribution in [0, 0.1) is 6.92 Å². The average Bonchev–Trinajstić information content (AvgIpc) is 2.90. The van der Waals surface area contributed by atoms with Crippen LogP contribution in [0.15, 0.2) is 108 Å². The molecular weight excluding hydrogens is 464 g/mol. The van der Waals surface area contributed by atoms with Crippen LogP contribution in [-0.2, 0) is 22.4 Å². The minimum absolute atomic E-state index is 0.0598. The van der Waals surface area contributed by atoms with Gasteiger partial charge in [-0.15, -0.1) is 11.8 Å². The highest BCUT2D eigenvalue weighted by Gasteiger charge is 2.23. The molecule has 0 fully saturated rings. The molecule has 0 radical (unpaired) electrons. The lowest BCUT2D eigenvalue weighted by atomic mass is 10.1. The number of aryl methyl sites for hydroxylation is 2. The van der Waals surface area contributed by atoms with Gasteiger partial charge in [0, 0.05) is 16.3 Å². The van der Waals surface area contributed by atoms with Crippen molar-refractivity contribution in [3.05, 3.63) is 125 Å². The highest BCUT2D eigenvalue weighted by molar-refractivity contribution is 8.00. The second kappa shape index (κ2) is 12.2. The first-order chi connectivity index (χ1) is 17.5. The minimum atomic E-state index is -0.422. The second-order valence-electron chi connectivity index (χ2n) is 8.60. The Morgan fingerprint density at radius 3 is 2.11 bits per heavy atom. The first-order valence-electron chi connectivity index (χ1n) is 12.1. The van der Waals surface area contributed by atoms with Gasteiger partial charge in [-0.3, -0.25) is 9.59 Å². The molecule has 0 spiro atoms. The largest absolute Gasteiger partial charge is 0.326 e. The van der Waals surface area contributed by atoms with Crippen molar-refractivity contribution in [1.29, 1.82) is 0 Å². The Morgan fingerprint density at radius 2 is 1.44 bits per heavy atom. The number of anilines is 2. The number of amides is 2. The highest BCUT2D eigenvalue weighted by atomic mass is 32.2. The number of benzene rings is 4. The molecule has 0 saturated heterocycles. The third-order valence-corrected chi connectivity index (χ3v) is 7.19. The minimum Gasteiger partial charge on any atom is -0.326 e. The van der Waals surface area contributed by atoms with Gasteiger partial charge in [-0.1, -0.05) is 85.8 Å². The van der Waals surface area contributed by atoms with Crippen LogP contribution in [0.1, 0.15) is 34.4 Å². The maximum absolute atomic E-state index is 13.5. The summed E-state index contributed by atoms with van der Waals surface area (Å²) in [5.74, 6) is -0.122. The van der Waals surface area contributed by atoms with Crippen molar-refractivity contribution in [2.24, 2.45) is 0 Å². The van der Waals surface area contributed by atoms with Gasteiger partial charge in [-0.2, -0.15) is 0 Å². The van der Waals surface area contributed by atoms with Crippen molar-refractivity contribution < 1.29 is 9.59 Å². The van der Waals surface area contributed by atoms with Crippen molar-refractivity contribution in [3.63, 3.8) is 0 Å². The van der Waals surface area contributed by atoms with Gasteiger partial charge >= 0.3 is 0 Å². The van der Waals surface area contributed by atoms with Crippen molar-refractivity contribution in [3.8, 4) is 0 Å². The number of carbonyl (C=O) groups is 2. The molecule has 0 aliphatic carbocycles. The number of rotatable bonds is 9. The summed E-state index contributed by atoms with van der Waals surface area (Å²) in [4.78, 5) is 26.9. The van der Waals surface area contributed by atoms with Crippen molar-refractivity contribution in [2.75, 3.05) is 10.6 Å². The van der Waals surface area contributed by atoms with Gasteiger partial charge < -0.3 is 10.6 Å². The fraction of sp³-hybridized carbons (Fsp3) is 0.161. The lowest BCUT2D eigenvalue weighted by molar-refractivity contribution is -0.116. The molecule has 36 heavy (non-hydrogen) atoms. The Hall–Kier alpha value is -3.83. The zero-order chi connectivity index (χ0) is 25.3. The van der Waals surface area contributed by atoms with Crippen LogP contribution in [-0.4, -0.2) is 11.8 Å². The van der Waals surface area contributed by atoms with E-state index in [0.29, 0.717) is 6.42 Å². The van der Waals surface area contributed by atoms with E-state index in [1.54, 1.807) is 0 Å². The topological polar surface area (TPSA) is 58.2 Å². The zero-order valence-corrected chi connectivity index (χ0v) is 21.3. The smallest absolute Gasteiger partial charge is 0.242 e. The van der Waals surface area contributed by atoms with Gasteiger partial charge in [-0.05, 0) is 59.9 Å². The zero-order valence-electron chi connectivity index (χ0n) is 20.5. The van der Waals surface area contributed by atoms with E-state index in [9.17, 15) is 9.59 Å². The molecule has 5 heteroatoms. The van der Waals surface area contributed by atoms with Crippen molar-refractivity contribution in [2.45, 2.75) is 36.8 Å². The number of para-hydroxylation sites is 1. The van der Waals surface area contributed by atoms with Crippen LogP contribution in [0.2, 0.25) is 0 Å². The first-order valence-corrected chi connectivity index (χ1v) is 13.0. The summed E-state index contributed by atoms with van der Waals surface area (Å²) in [6, 6.07) is 33.2. The van der Waals surface area contributed by atoms with Gasteiger partial charge in [0.05, 0.1) is 6.42 Å². The van der Waals surface area contributed by atoms with E-state index in [0.717, 1.165) is 44.9 Å². The second-order valence-corrected chi connectivity index (χ2v) is 9.77. The normalized spacial score (nSPS) is 11.5. The summed E-state index contributed by atoms with van der Waals surface area (Å²) in [5, 5.41) is 5.72. The molecule has 0 bridgehead atoms. The van der Waals surface area contributed by atoms with Crippen LogP contribution >= 0.6 is 11.8 Å². The summed E-state index contributed by atoms with van der Waals surface area (Å²) < 4.78 is 0. The third kappa shape index (κ3) is 6.64. The van der Waals surface area contributed by atoms with Crippen LogP contribution in [0.25, 0.3) is 0 Å². The third-order valence-electron chi connectivity index (χ3n) is 5.93. The van der Waals surface area contributed by atoms with E-state index in [1.807, 2.05) is 104 Å². The molecule has 182 valence electrons. The van der Waals surface area contributed by atoms with E-state index >= 15 is 0 Å². The predicted molar refractivity (Wildman–Crippen MR) is 149 cm³/mol. The molecule has 0 aromatic heterocycles. The number of thioether (sulfide) groups is 1. The fourth-order valence-electron chi connectivity index (χ4n) is 4.03.